The van der Waals surface area contributed by atoms with E-state index in [0.717, 1.165) is 17.7 Å². The molecule has 2 amide bonds. The molecular weight excluding hydrogens is 380 g/mol. The number of hydrogen-bond acceptors (Lipinski definition) is 4. The number of anilines is 1. The topological polar surface area (TPSA) is 53.1 Å². The van der Waals surface area contributed by atoms with Crippen molar-refractivity contribution in [1.29, 1.82) is 0 Å². The summed E-state index contributed by atoms with van der Waals surface area (Å²) in [7, 11) is 0. The van der Waals surface area contributed by atoms with Gasteiger partial charge in [-0.15, -0.1) is 0 Å². The van der Waals surface area contributed by atoms with Crippen molar-refractivity contribution in [2.75, 3.05) is 50.8 Å². The number of likely N-dealkylation sites (tertiary alicyclic amines) is 2. The predicted octanol–water partition coefficient (Wildman–Crippen LogP) is 2.34. The Kier molecular flexibility index (Phi) is 4.49. The molecule has 0 aromatic heterocycles. The monoisotopic (exact) mass is 405 g/mol. The van der Waals surface area contributed by atoms with E-state index in [4.69, 9.17) is 4.74 Å². The number of piperidine rings is 1. The van der Waals surface area contributed by atoms with Crippen LogP contribution in [0.4, 0.5) is 19.3 Å². The molecule has 5 rings (SSSR count). The first-order valence-corrected chi connectivity index (χ1v) is 10.3. The van der Waals surface area contributed by atoms with E-state index in [1.54, 1.807) is 4.90 Å². The van der Waals surface area contributed by atoms with Crippen LogP contribution in [0, 0.1) is 5.92 Å². The molecule has 0 aliphatic carbocycles. The maximum atomic E-state index is 13.0. The molecule has 1 aromatic carbocycles. The second-order valence-corrected chi connectivity index (χ2v) is 8.78. The molecule has 29 heavy (non-hydrogen) atoms. The molecule has 4 fully saturated rings. The van der Waals surface area contributed by atoms with Gasteiger partial charge in [-0.05, 0) is 24.1 Å². The number of nitrogens with zero attached hydrogens (tertiary/aromatic N) is 3. The first-order chi connectivity index (χ1) is 13.9. The minimum absolute atomic E-state index is 0.0390. The van der Waals surface area contributed by atoms with Gasteiger partial charge < -0.3 is 19.4 Å². The zero-order chi connectivity index (χ0) is 20.2. The van der Waals surface area contributed by atoms with Crippen LogP contribution >= 0.6 is 0 Å². The lowest BCUT2D eigenvalue weighted by Crippen LogP contribution is -2.58. The van der Waals surface area contributed by atoms with Crippen LogP contribution in [0.3, 0.4) is 0 Å². The van der Waals surface area contributed by atoms with Gasteiger partial charge >= 0.3 is 6.03 Å². The molecule has 1 aromatic rings. The number of urea groups is 1. The number of ketones is 1. The summed E-state index contributed by atoms with van der Waals surface area (Å²) < 4.78 is 31.6. The molecule has 8 heteroatoms. The number of halogens is 2. The van der Waals surface area contributed by atoms with Gasteiger partial charge in [0.15, 0.2) is 5.78 Å². The van der Waals surface area contributed by atoms with E-state index in [-0.39, 0.29) is 49.5 Å². The lowest BCUT2D eigenvalue weighted by atomic mass is 9.87. The van der Waals surface area contributed by atoms with E-state index in [1.165, 1.54) is 0 Å². The van der Waals surface area contributed by atoms with Gasteiger partial charge in [-0.25, -0.2) is 13.6 Å². The Balaban J connectivity index is 1.13. The zero-order valence-electron chi connectivity index (χ0n) is 16.2. The van der Waals surface area contributed by atoms with E-state index in [0.29, 0.717) is 32.6 Å². The molecule has 2 atom stereocenters. The lowest BCUT2D eigenvalue weighted by molar-refractivity contribution is -0.140. The Morgan fingerprint density at radius 3 is 2.48 bits per heavy atom. The Labute approximate surface area is 168 Å². The smallest absolute Gasteiger partial charge is 0.320 e. The molecule has 4 aliphatic rings. The highest BCUT2D eigenvalue weighted by Crippen LogP contribution is 2.35. The molecule has 4 saturated heterocycles. The number of ether oxygens (including phenoxy) is 1. The predicted molar refractivity (Wildman–Crippen MR) is 102 cm³/mol. The second-order valence-electron chi connectivity index (χ2n) is 8.78. The van der Waals surface area contributed by atoms with E-state index >= 15 is 0 Å². The first kappa shape index (κ1) is 18.8. The van der Waals surface area contributed by atoms with Crippen LogP contribution in [0.5, 0.6) is 0 Å². The van der Waals surface area contributed by atoms with Gasteiger partial charge in [-0.3, -0.25) is 4.79 Å². The highest BCUT2D eigenvalue weighted by atomic mass is 19.3. The summed E-state index contributed by atoms with van der Waals surface area (Å²) in [6.45, 7) is 2.37. The number of rotatable bonds is 2. The summed E-state index contributed by atoms with van der Waals surface area (Å²) in [5.74, 6) is -2.05. The van der Waals surface area contributed by atoms with Gasteiger partial charge in [-0.1, -0.05) is 12.1 Å². The summed E-state index contributed by atoms with van der Waals surface area (Å²) in [6, 6.07) is 7.78. The SMILES string of the molecule is O=C1CO[C@H]2CCN(C(=O)N3CC(c4ccc(N5CC(F)(F)C5)cc4)C3)C[C@H]2C1. The summed E-state index contributed by atoms with van der Waals surface area (Å²) in [6.07, 6.45) is 1.40. The van der Waals surface area contributed by atoms with Gasteiger partial charge in [0, 0.05) is 50.1 Å². The fourth-order valence-corrected chi connectivity index (χ4v) is 4.85. The zero-order valence-corrected chi connectivity index (χ0v) is 16.2. The number of amides is 2. The summed E-state index contributed by atoms with van der Waals surface area (Å²) >= 11 is 0. The van der Waals surface area contributed by atoms with Crippen molar-refractivity contribution >= 4 is 17.5 Å². The van der Waals surface area contributed by atoms with Crippen molar-refractivity contribution in [3.05, 3.63) is 29.8 Å². The maximum Gasteiger partial charge on any atom is 0.320 e. The summed E-state index contributed by atoms with van der Waals surface area (Å²) in [4.78, 5) is 29.8. The van der Waals surface area contributed by atoms with Crippen molar-refractivity contribution in [2.24, 2.45) is 5.92 Å². The average Bonchev–Trinajstić information content (AvgIpc) is 2.64. The molecule has 0 N–H and O–H groups in total. The van der Waals surface area contributed by atoms with Crippen LogP contribution in [0.2, 0.25) is 0 Å². The Morgan fingerprint density at radius 1 is 1.07 bits per heavy atom. The number of hydrogen-bond donors (Lipinski definition) is 0. The minimum atomic E-state index is -2.57. The van der Waals surface area contributed by atoms with Crippen LogP contribution < -0.4 is 4.90 Å². The molecule has 0 spiro atoms. The number of benzene rings is 1. The van der Waals surface area contributed by atoms with Crippen LogP contribution in [-0.4, -0.2) is 79.5 Å². The number of carbonyl (C=O) groups is 2. The van der Waals surface area contributed by atoms with Gasteiger partial charge in [0.25, 0.3) is 5.92 Å². The largest absolute Gasteiger partial charge is 0.370 e. The second kappa shape index (κ2) is 6.93. The van der Waals surface area contributed by atoms with Gasteiger partial charge in [0.05, 0.1) is 19.2 Å². The van der Waals surface area contributed by atoms with Crippen LogP contribution in [0.15, 0.2) is 24.3 Å². The van der Waals surface area contributed by atoms with Crippen LogP contribution in [0.25, 0.3) is 0 Å². The molecule has 4 heterocycles. The normalized spacial score (nSPS) is 29.2. The minimum Gasteiger partial charge on any atom is -0.370 e. The quantitative estimate of drug-likeness (QED) is 0.758. The van der Waals surface area contributed by atoms with Crippen molar-refractivity contribution < 1.29 is 23.1 Å². The highest BCUT2D eigenvalue weighted by Gasteiger charge is 2.44. The fourth-order valence-electron chi connectivity index (χ4n) is 4.85. The highest BCUT2D eigenvalue weighted by molar-refractivity contribution is 5.81. The van der Waals surface area contributed by atoms with Crippen molar-refractivity contribution in [2.45, 2.75) is 30.8 Å². The van der Waals surface area contributed by atoms with Crippen LogP contribution in [0.1, 0.15) is 24.3 Å². The van der Waals surface area contributed by atoms with Gasteiger partial charge in [-0.2, -0.15) is 0 Å². The van der Waals surface area contributed by atoms with E-state index in [9.17, 15) is 18.4 Å². The molecule has 156 valence electrons. The van der Waals surface area contributed by atoms with E-state index in [1.807, 2.05) is 34.1 Å². The van der Waals surface area contributed by atoms with E-state index < -0.39 is 5.92 Å². The molecule has 0 unspecified atom stereocenters. The molecule has 0 saturated carbocycles. The van der Waals surface area contributed by atoms with Crippen molar-refractivity contribution in [1.82, 2.24) is 9.80 Å². The summed E-state index contributed by atoms with van der Waals surface area (Å²) in [5.41, 5.74) is 1.95. The molecule has 0 bridgehead atoms. The fraction of sp³-hybridized carbons (Fsp3) is 0.619. The number of carbonyl (C=O) groups excluding carboxylic acids is 2. The lowest BCUT2D eigenvalue weighted by Gasteiger charge is -2.46. The third-order valence-corrected chi connectivity index (χ3v) is 6.61. The summed E-state index contributed by atoms with van der Waals surface area (Å²) in [5, 5.41) is 0. The molecule has 6 nitrogen and oxygen atoms in total. The van der Waals surface area contributed by atoms with E-state index in [2.05, 4.69) is 0 Å². The van der Waals surface area contributed by atoms with Crippen molar-refractivity contribution in [3.8, 4) is 0 Å². The van der Waals surface area contributed by atoms with Gasteiger partial charge in [0.1, 0.15) is 6.61 Å². The van der Waals surface area contributed by atoms with Crippen LogP contribution in [-0.2, 0) is 9.53 Å². The third-order valence-electron chi connectivity index (χ3n) is 6.61. The number of fused-ring (bicyclic) bond motifs is 1. The Bertz CT molecular complexity index is 802. The molecular formula is C21H25F2N3O3. The standard InChI is InChI=1S/C21H25F2N3O3/c22-21(23)12-26(13-21)17-3-1-14(2-4-17)16-9-25(10-16)20(28)24-6-5-19-15(8-24)7-18(27)11-29-19/h1-4,15-16,19H,5-13H2/t15-,19+/m1/s1. The number of Topliss-reactive ketones (excluding diaryl/α,β-unsaturated/α-hetero) is 1. The molecule has 4 aliphatic heterocycles. The molecule has 0 radical (unpaired) electrons. The Hall–Kier alpha value is -2.22. The number of alkyl halides is 2. The van der Waals surface area contributed by atoms with Gasteiger partial charge in [0.2, 0.25) is 0 Å². The van der Waals surface area contributed by atoms with Crippen molar-refractivity contribution in [3.63, 3.8) is 0 Å². The first-order valence-electron chi connectivity index (χ1n) is 10.3. The maximum absolute atomic E-state index is 13.0. The third kappa shape index (κ3) is 3.58. The Morgan fingerprint density at radius 2 is 1.79 bits per heavy atom. The average molecular weight is 405 g/mol.